The summed E-state index contributed by atoms with van der Waals surface area (Å²) < 4.78 is 4.65. The molecule has 104 valence electrons. The number of amides is 3. The number of nitrogens with one attached hydrogen (secondary N) is 2. The number of carbonyl (C=O) groups excluding carboxylic acids is 2. The summed E-state index contributed by atoms with van der Waals surface area (Å²) in [6, 6.07) is -0.537. The van der Waals surface area contributed by atoms with Crippen molar-refractivity contribution in [2.24, 2.45) is 0 Å². The van der Waals surface area contributed by atoms with Crippen LogP contribution in [-0.2, 0) is 14.3 Å². The topological polar surface area (TPSA) is 108 Å². The maximum atomic E-state index is 11.5. The van der Waals surface area contributed by atoms with Crippen LogP contribution in [0.2, 0.25) is 0 Å². The molecular weight excluding hydrogens is 242 g/mol. The van der Waals surface area contributed by atoms with E-state index in [-0.39, 0.29) is 19.0 Å². The van der Waals surface area contributed by atoms with E-state index in [9.17, 15) is 14.4 Å². The Bertz CT molecular complexity index is 308. The van der Waals surface area contributed by atoms with Crippen LogP contribution in [-0.4, -0.2) is 67.8 Å². The first-order valence-electron chi connectivity index (χ1n) is 5.43. The van der Waals surface area contributed by atoms with Gasteiger partial charge in [-0.15, -0.1) is 0 Å². The molecule has 0 aromatic heterocycles. The van der Waals surface area contributed by atoms with Crippen molar-refractivity contribution < 1.29 is 24.2 Å². The van der Waals surface area contributed by atoms with Gasteiger partial charge in [-0.1, -0.05) is 0 Å². The lowest BCUT2D eigenvalue weighted by molar-refractivity contribution is -0.148. The molecule has 1 atom stereocenters. The molecule has 8 heteroatoms. The van der Waals surface area contributed by atoms with Crippen molar-refractivity contribution in [1.82, 2.24) is 15.5 Å². The number of carboxylic acid groups (broad SMARTS) is 1. The van der Waals surface area contributed by atoms with Crippen molar-refractivity contribution in [2.45, 2.75) is 13.0 Å². The summed E-state index contributed by atoms with van der Waals surface area (Å²) in [6.45, 7) is 2.00. The Balaban J connectivity index is 4.08. The molecule has 0 aromatic carbocycles. The monoisotopic (exact) mass is 261 g/mol. The van der Waals surface area contributed by atoms with E-state index in [0.29, 0.717) is 6.54 Å². The number of nitrogens with zero attached hydrogens (tertiary/aromatic N) is 1. The van der Waals surface area contributed by atoms with Gasteiger partial charge in [0.2, 0.25) is 5.91 Å². The van der Waals surface area contributed by atoms with Gasteiger partial charge in [0.25, 0.3) is 0 Å². The lowest BCUT2D eigenvalue weighted by Crippen LogP contribution is -2.46. The van der Waals surface area contributed by atoms with E-state index in [2.05, 4.69) is 15.4 Å². The van der Waals surface area contributed by atoms with Gasteiger partial charge in [0.15, 0.2) is 6.10 Å². The average Bonchev–Trinajstić information content (AvgIpc) is 2.29. The zero-order chi connectivity index (χ0) is 14.1. The van der Waals surface area contributed by atoms with Crippen molar-refractivity contribution in [3.8, 4) is 0 Å². The number of urea groups is 1. The van der Waals surface area contributed by atoms with Crippen LogP contribution in [0.4, 0.5) is 4.79 Å². The second kappa shape index (κ2) is 8.29. The largest absolute Gasteiger partial charge is 0.479 e. The number of hydrogen-bond acceptors (Lipinski definition) is 4. The molecule has 18 heavy (non-hydrogen) atoms. The van der Waals surface area contributed by atoms with Crippen LogP contribution in [0, 0.1) is 0 Å². The summed E-state index contributed by atoms with van der Waals surface area (Å²) in [5.74, 6) is -1.44. The normalized spacial score (nSPS) is 11.5. The molecule has 0 fully saturated rings. The standard InChI is InChI=1S/C10H19N3O5/c1-4-11-8(14)6-13(2)10(17)12-5-7(18-3)9(15)16/h7H,4-6H2,1-3H3,(H,11,14)(H,12,17)(H,15,16). The summed E-state index contributed by atoms with van der Waals surface area (Å²) in [6.07, 6.45) is -1.10. The molecule has 0 saturated heterocycles. The predicted octanol–water partition coefficient (Wildman–Crippen LogP) is -1.14. The highest BCUT2D eigenvalue weighted by Gasteiger charge is 2.19. The third-order valence-corrected chi connectivity index (χ3v) is 2.10. The highest BCUT2D eigenvalue weighted by Crippen LogP contribution is 1.90. The molecule has 0 saturated carbocycles. The molecule has 0 bridgehead atoms. The van der Waals surface area contributed by atoms with Crippen LogP contribution < -0.4 is 10.6 Å². The van der Waals surface area contributed by atoms with Crippen molar-refractivity contribution in [3.63, 3.8) is 0 Å². The number of ether oxygens (including phenoxy) is 1. The van der Waals surface area contributed by atoms with E-state index in [4.69, 9.17) is 5.11 Å². The number of aliphatic carboxylic acids is 1. The molecule has 1 unspecified atom stereocenters. The third kappa shape index (κ3) is 6.04. The van der Waals surface area contributed by atoms with Crippen LogP contribution in [0.5, 0.6) is 0 Å². The lowest BCUT2D eigenvalue weighted by atomic mass is 10.3. The molecule has 3 N–H and O–H groups in total. The molecule has 0 rings (SSSR count). The van der Waals surface area contributed by atoms with Crippen LogP contribution in [0.1, 0.15) is 6.92 Å². The fraction of sp³-hybridized carbons (Fsp3) is 0.700. The Morgan fingerprint density at radius 1 is 1.33 bits per heavy atom. The number of hydrogen-bond donors (Lipinski definition) is 3. The van der Waals surface area contributed by atoms with Crippen LogP contribution in [0.15, 0.2) is 0 Å². The summed E-state index contributed by atoms with van der Waals surface area (Å²) in [7, 11) is 2.68. The van der Waals surface area contributed by atoms with Gasteiger partial charge in [0.05, 0.1) is 6.54 Å². The molecule has 0 aliphatic carbocycles. The average molecular weight is 261 g/mol. The predicted molar refractivity (Wildman–Crippen MR) is 63.1 cm³/mol. The van der Waals surface area contributed by atoms with Gasteiger partial charge < -0.3 is 25.4 Å². The molecule has 8 nitrogen and oxygen atoms in total. The smallest absolute Gasteiger partial charge is 0.334 e. The molecule has 0 aromatic rings. The van der Waals surface area contributed by atoms with Crippen LogP contribution in [0.3, 0.4) is 0 Å². The fourth-order valence-corrected chi connectivity index (χ4v) is 1.13. The number of carbonyl (C=O) groups is 3. The molecule has 0 spiro atoms. The van der Waals surface area contributed by atoms with Crippen molar-refractivity contribution >= 4 is 17.9 Å². The minimum Gasteiger partial charge on any atom is -0.479 e. The number of likely N-dealkylation sites (N-methyl/N-ethyl adjacent to an activating group) is 2. The van der Waals surface area contributed by atoms with E-state index in [1.807, 2.05) is 0 Å². The molecule has 0 radical (unpaired) electrons. The Kier molecular flexibility index (Phi) is 7.45. The van der Waals surface area contributed by atoms with E-state index in [0.717, 1.165) is 4.90 Å². The maximum absolute atomic E-state index is 11.5. The minimum atomic E-state index is -1.16. The van der Waals surface area contributed by atoms with Gasteiger partial charge in [0, 0.05) is 20.7 Å². The van der Waals surface area contributed by atoms with E-state index >= 15 is 0 Å². The Morgan fingerprint density at radius 2 is 1.94 bits per heavy atom. The van der Waals surface area contributed by atoms with E-state index in [1.54, 1.807) is 6.92 Å². The molecule has 0 aliphatic rings. The van der Waals surface area contributed by atoms with Gasteiger partial charge in [-0.3, -0.25) is 4.79 Å². The quantitative estimate of drug-likeness (QED) is 0.537. The summed E-state index contributed by atoms with van der Waals surface area (Å²) in [5, 5.41) is 13.6. The summed E-state index contributed by atoms with van der Waals surface area (Å²) >= 11 is 0. The van der Waals surface area contributed by atoms with Crippen LogP contribution in [0.25, 0.3) is 0 Å². The van der Waals surface area contributed by atoms with Crippen molar-refractivity contribution in [2.75, 3.05) is 33.8 Å². The zero-order valence-electron chi connectivity index (χ0n) is 10.7. The molecular formula is C10H19N3O5. The SMILES string of the molecule is CCNC(=O)CN(C)C(=O)NCC(OC)C(=O)O. The first-order valence-corrected chi connectivity index (χ1v) is 5.43. The number of carboxylic acids is 1. The minimum absolute atomic E-state index is 0.0929. The molecule has 3 amide bonds. The second-order valence-electron chi connectivity index (χ2n) is 3.56. The van der Waals surface area contributed by atoms with Crippen LogP contribution >= 0.6 is 0 Å². The third-order valence-electron chi connectivity index (χ3n) is 2.10. The van der Waals surface area contributed by atoms with Gasteiger partial charge >= 0.3 is 12.0 Å². The lowest BCUT2D eigenvalue weighted by Gasteiger charge is -2.18. The van der Waals surface area contributed by atoms with Gasteiger partial charge in [-0.05, 0) is 6.92 Å². The van der Waals surface area contributed by atoms with E-state index < -0.39 is 18.1 Å². The first kappa shape index (κ1) is 16.2. The van der Waals surface area contributed by atoms with Crippen molar-refractivity contribution in [1.29, 1.82) is 0 Å². The maximum Gasteiger partial charge on any atom is 0.334 e. The Labute approximate surface area is 105 Å². The fourth-order valence-electron chi connectivity index (χ4n) is 1.13. The second-order valence-corrected chi connectivity index (χ2v) is 3.56. The highest BCUT2D eigenvalue weighted by atomic mass is 16.5. The number of methoxy groups -OCH3 is 1. The van der Waals surface area contributed by atoms with Gasteiger partial charge in [-0.25, -0.2) is 9.59 Å². The van der Waals surface area contributed by atoms with Gasteiger partial charge in [0.1, 0.15) is 6.54 Å². The number of rotatable bonds is 7. The highest BCUT2D eigenvalue weighted by molar-refractivity contribution is 5.84. The Hall–Kier alpha value is -1.83. The van der Waals surface area contributed by atoms with Gasteiger partial charge in [-0.2, -0.15) is 0 Å². The zero-order valence-corrected chi connectivity index (χ0v) is 10.7. The molecule has 0 heterocycles. The molecule has 0 aliphatic heterocycles. The van der Waals surface area contributed by atoms with E-state index in [1.165, 1.54) is 14.2 Å². The summed E-state index contributed by atoms with van der Waals surface area (Å²) in [4.78, 5) is 34.5. The Morgan fingerprint density at radius 3 is 2.39 bits per heavy atom. The summed E-state index contributed by atoms with van der Waals surface area (Å²) in [5.41, 5.74) is 0. The van der Waals surface area contributed by atoms with Crippen molar-refractivity contribution in [3.05, 3.63) is 0 Å². The first-order chi connectivity index (χ1) is 8.42.